The van der Waals surface area contributed by atoms with Crippen LogP contribution in [0, 0.1) is 0 Å². The molecule has 2 rings (SSSR count). The third-order valence-electron chi connectivity index (χ3n) is 3.73. The van der Waals surface area contributed by atoms with Crippen molar-refractivity contribution in [1.82, 2.24) is 9.78 Å². The summed E-state index contributed by atoms with van der Waals surface area (Å²) in [6, 6.07) is 0. The molecule has 1 saturated heterocycles. The van der Waals surface area contributed by atoms with Crippen LogP contribution in [-0.4, -0.2) is 42.2 Å². The van der Waals surface area contributed by atoms with E-state index in [0.29, 0.717) is 13.2 Å². The second-order valence-electron chi connectivity index (χ2n) is 5.13. The van der Waals surface area contributed by atoms with Gasteiger partial charge in [0.25, 0.3) is 0 Å². The molecule has 1 unspecified atom stereocenters. The summed E-state index contributed by atoms with van der Waals surface area (Å²) in [6.45, 7) is 4.17. The quantitative estimate of drug-likeness (QED) is 0.810. The van der Waals surface area contributed by atoms with E-state index in [1.54, 1.807) is 11.8 Å². The van der Waals surface area contributed by atoms with Crippen molar-refractivity contribution in [1.29, 1.82) is 0 Å². The molecule has 108 valence electrons. The van der Waals surface area contributed by atoms with E-state index in [0.717, 1.165) is 43.1 Å². The van der Waals surface area contributed by atoms with Gasteiger partial charge in [-0.25, -0.2) is 0 Å². The van der Waals surface area contributed by atoms with Gasteiger partial charge < -0.3 is 20.5 Å². The summed E-state index contributed by atoms with van der Waals surface area (Å²) < 4.78 is 12.8. The topological polar surface area (TPSA) is 74.3 Å². The van der Waals surface area contributed by atoms with Crippen LogP contribution in [0.15, 0.2) is 0 Å². The van der Waals surface area contributed by atoms with Gasteiger partial charge in [0, 0.05) is 33.7 Å². The van der Waals surface area contributed by atoms with E-state index in [1.165, 1.54) is 0 Å². The number of hydrogen-bond donors (Lipinski definition) is 2. The molecule has 1 aromatic rings. The zero-order valence-electron chi connectivity index (χ0n) is 12.0. The highest BCUT2D eigenvalue weighted by Crippen LogP contribution is 2.27. The van der Waals surface area contributed by atoms with E-state index < -0.39 is 0 Å². The van der Waals surface area contributed by atoms with Gasteiger partial charge in [-0.2, -0.15) is 5.10 Å². The second kappa shape index (κ2) is 5.79. The van der Waals surface area contributed by atoms with Gasteiger partial charge >= 0.3 is 0 Å². The van der Waals surface area contributed by atoms with Crippen molar-refractivity contribution in [2.75, 3.05) is 37.9 Å². The standard InChI is InChI=1S/C13H24N4O2/c1-4-5-10-11(14)12(17(2)16-10)15-8-13(18-3)6-7-19-9-13/h15H,4-9,14H2,1-3H3. The fourth-order valence-electron chi connectivity index (χ4n) is 2.43. The smallest absolute Gasteiger partial charge is 0.147 e. The van der Waals surface area contributed by atoms with Crippen LogP contribution in [0.3, 0.4) is 0 Å². The van der Waals surface area contributed by atoms with Gasteiger partial charge in [0.2, 0.25) is 0 Å². The summed E-state index contributed by atoms with van der Waals surface area (Å²) in [5.41, 5.74) is 7.60. The van der Waals surface area contributed by atoms with Crippen LogP contribution in [0.5, 0.6) is 0 Å². The third kappa shape index (κ3) is 2.84. The fraction of sp³-hybridized carbons (Fsp3) is 0.769. The van der Waals surface area contributed by atoms with E-state index in [-0.39, 0.29) is 5.60 Å². The Kier molecular flexibility index (Phi) is 4.31. The van der Waals surface area contributed by atoms with Crippen molar-refractivity contribution < 1.29 is 9.47 Å². The average molecular weight is 268 g/mol. The molecule has 3 N–H and O–H groups in total. The summed E-state index contributed by atoms with van der Waals surface area (Å²) in [5.74, 6) is 0.867. The Labute approximate surface area is 114 Å². The molecule has 6 heteroatoms. The van der Waals surface area contributed by atoms with Crippen LogP contribution in [0.2, 0.25) is 0 Å². The number of methoxy groups -OCH3 is 1. The molecule has 1 atom stereocenters. The van der Waals surface area contributed by atoms with Crippen LogP contribution in [0.25, 0.3) is 0 Å². The molecular weight excluding hydrogens is 244 g/mol. The molecule has 1 aromatic heterocycles. The van der Waals surface area contributed by atoms with E-state index in [4.69, 9.17) is 15.2 Å². The monoisotopic (exact) mass is 268 g/mol. The van der Waals surface area contributed by atoms with Crippen molar-refractivity contribution in [3.05, 3.63) is 5.69 Å². The molecule has 0 bridgehead atoms. The SMILES string of the molecule is CCCc1nn(C)c(NCC2(OC)CCOC2)c1N. The molecular formula is C13H24N4O2. The van der Waals surface area contributed by atoms with Crippen LogP contribution in [-0.2, 0) is 22.9 Å². The Balaban J connectivity index is 2.06. The highest BCUT2D eigenvalue weighted by atomic mass is 16.5. The number of nitrogen functional groups attached to an aromatic ring is 1. The number of nitrogens with zero attached hydrogens (tertiary/aromatic N) is 2. The van der Waals surface area contributed by atoms with E-state index >= 15 is 0 Å². The first-order chi connectivity index (χ1) is 9.12. The summed E-state index contributed by atoms with van der Waals surface area (Å²) in [6.07, 6.45) is 2.84. The van der Waals surface area contributed by atoms with E-state index in [1.807, 2.05) is 7.05 Å². The predicted molar refractivity (Wildman–Crippen MR) is 75.3 cm³/mol. The largest absolute Gasteiger partial charge is 0.394 e. The molecule has 19 heavy (non-hydrogen) atoms. The van der Waals surface area contributed by atoms with Crippen molar-refractivity contribution in [2.45, 2.75) is 31.8 Å². The third-order valence-corrected chi connectivity index (χ3v) is 3.73. The lowest BCUT2D eigenvalue weighted by atomic mass is 10.0. The second-order valence-corrected chi connectivity index (χ2v) is 5.13. The van der Waals surface area contributed by atoms with Gasteiger partial charge in [-0.05, 0) is 6.42 Å². The minimum absolute atomic E-state index is 0.248. The first-order valence-electron chi connectivity index (χ1n) is 6.80. The number of hydrogen-bond acceptors (Lipinski definition) is 5. The minimum atomic E-state index is -0.248. The lowest BCUT2D eigenvalue weighted by Gasteiger charge is -2.26. The van der Waals surface area contributed by atoms with Gasteiger partial charge in [0.05, 0.1) is 18.0 Å². The molecule has 0 spiro atoms. The first kappa shape index (κ1) is 14.1. The summed E-state index contributed by atoms with van der Waals surface area (Å²) in [5, 5.41) is 7.81. The maximum atomic E-state index is 6.14. The zero-order valence-corrected chi connectivity index (χ0v) is 12.0. The van der Waals surface area contributed by atoms with Crippen LogP contribution < -0.4 is 11.1 Å². The number of ether oxygens (including phenoxy) is 2. The maximum Gasteiger partial charge on any atom is 0.147 e. The van der Waals surface area contributed by atoms with Crippen LogP contribution in [0.4, 0.5) is 11.5 Å². The molecule has 1 aliphatic heterocycles. The lowest BCUT2D eigenvalue weighted by molar-refractivity contribution is -0.00628. The molecule has 0 radical (unpaired) electrons. The van der Waals surface area contributed by atoms with Crippen molar-refractivity contribution >= 4 is 11.5 Å². The zero-order chi connectivity index (χ0) is 13.9. The van der Waals surface area contributed by atoms with Gasteiger partial charge in [-0.1, -0.05) is 13.3 Å². The minimum Gasteiger partial charge on any atom is -0.394 e. The number of nitrogens with one attached hydrogen (secondary N) is 1. The van der Waals surface area contributed by atoms with E-state index in [2.05, 4.69) is 17.3 Å². The highest BCUT2D eigenvalue weighted by molar-refractivity contribution is 5.65. The summed E-state index contributed by atoms with van der Waals surface area (Å²) in [7, 11) is 3.63. The molecule has 0 saturated carbocycles. The number of nitrogens with two attached hydrogens (primary N) is 1. The Morgan fingerprint density at radius 1 is 1.58 bits per heavy atom. The summed E-state index contributed by atoms with van der Waals surface area (Å²) >= 11 is 0. The molecule has 6 nitrogen and oxygen atoms in total. The van der Waals surface area contributed by atoms with Gasteiger partial charge in [0.15, 0.2) is 0 Å². The molecule has 0 aromatic carbocycles. The lowest BCUT2D eigenvalue weighted by Crippen LogP contribution is -2.40. The number of rotatable bonds is 6. The first-order valence-corrected chi connectivity index (χ1v) is 6.80. The number of anilines is 2. The van der Waals surface area contributed by atoms with Gasteiger partial charge in [-0.3, -0.25) is 4.68 Å². The molecule has 0 aliphatic carbocycles. The number of aromatic nitrogens is 2. The molecule has 1 aliphatic rings. The van der Waals surface area contributed by atoms with Gasteiger partial charge in [0.1, 0.15) is 11.4 Å². The van der Waals surface area contributed by atoms with Crippen molar-refractivity contribution in [2.24, 2.45) is 7.05 Å². The predicted octanol–water partition coefficient (Wildman–Crippen LogP) is 1.17. The maximum absolute atomic E-state index is 6.14. The molecule has 1 fully saturated rings. The average Bonchev–Trinajstić information content (AvgIpc) is 2.96. The highest BCUT2D eigenvalue weighted by Gasteiger charge is 2.35. The van der Waals surface area contributed by atoms with Gasteiger partial charge in [-0.15, -0.1) is 0 Å². The normalized spacial score (nSPS) is 22.9. The molecule has 0 amide bonds. The Morgan fingerprint density at radius 2 is 2.37 bits per heavy atom. The van der Waals surface area contributed by atoms with Crippen LogP contribution >= 0.6 is 0 Å². The van der Waals surface area contributed by atoms with Crippen molar-refractivity contribution in [3.63, 3.8) is 0 Å². The Morgan fingerprint density at radius 3 is 2.95 bits per heavy atom. The Bertz CT molecular complexity index is 425. The van der Waals surface area contributed by atoms with Crippen LogP contribution in [0.1, 0.15) is 25.5 Å². The summed E-state index contributed by atoms with van der Waals surface area (Å²) in [4.78, 5) is 0. The Hall–Kier alpha value is -1.27. The number of aryl methyl sites for hydroxylation is 2. The molecule has 2 heterocycles. The fourth-order valence-corrected chi connectivity index (χ4v) is 2.43. The van der Waals surface area contributed by atoms with Crippen molar-refractivity contribution in [3.8, 4) is 0 Å². The van der Waals surface area contributed by atoms with E-state index in [9.17, 15) is 0 Å².